The molecule has 2 aliphatic carbocycles. The molecule has 0 bridgehead atoms. The van der Waals surface area contributed by atoms with Crippen LogP contribution in [0, 0.1) is 0 Å². The number of anilines is 1. The highest BCUT2D eigenvalue weighted by Crippen LogP contribution is 2.46. The molecule has 198 valence electrons. The fraction of sp³-hybridized carbons (Fsp3) is 0.519. The van der Waals surface area contributed by atoms with Gasteiger partial charge in [-0.25, -0.2) is 4.98 Å². The van der Waals surface area contributed by atoms with E-state index in [0.717, 1.165) is 69.9 Å². The molecule has 2 saturated carbocycles. The van der Waals surface area contributed by atoms with E-state index in [-0.39, 0.29) is 23.6 Å². The zero-order chi connectivity index (χ0) is 26.3. The molecule has 0 radical (unpaired) electrons. The van der Waals surface area contributed by atoms with Gasteiger partial charge in [0, 0.05) is 31.9 Å². The average molecular weight is 516 g/mol. The van der Waals surface area contributed by atoms with Gasteiger partial charge in [-0.2, -0.15) is 13.2 Å². The van der Waals surface area contributed by atoms with Gasteiger partial charge in [-0.05, 0) is 69.0 Å². The highest BCUT2D eigenvalue weighted by molar-refractivity contribution is 5.92. The summed E-state index contributed by atoms with van der Waals surface area (Å²) < 4.78 is 38.7. The maximum absolute atomic E-state index is 13.5. The summed E-state index contributed by atoms with van der Waals surface area (Å²) in [5, 5.41) is 6.11. The summed E-state index contributed by atoms with van der Waals surface area (Å²) >= 11 is 0. The van der Waals surface area contributed by atoms with Gasteiger partial charge in [-0.3, -0.25) is 14.5 Å². The van der Waals surface area contributed by atoms with Crippen molar-refractivity contribution in [2.45, 2.75) is 55.8 Å². The van der Waals surface area contributed by atoms with Crippen LogP contribution >= 0.6 is 0 Å². The van der Waals surface area contributed by atoms with Crippen LogP contribution in [-0.2, 0) is 27.7 Å². The second kappa shape index (κ2) is 9.72. The van der Waals surface area contributed by atoms with E-state index in [4.69, 9.17) is 0 Å². The molecule has 1 aromatic carbocycles. The number of carbonyl (C=O) groups excluding carboxylic acids is 2. The van der Waals surface area contributed by atoms with Crippen molar-refractivity contribution in [3.8, 4) is 0 Å². The number of hydrogen-bond acceptors (Lipinski definition) is 5. The van der Waals surface area contributed by atoms with E-state index in [1.807, 2.05) is 12.1 Å². The fourth-order valence-electron chi connectivity index (χ4n) is 5.37. The van der Waals surface area contributed by atoms with E-state index < -0.39 is 23.3 Å². The highest BCUT2D eigenvalue weighted by Gasteiger charge is 2.56. The zero-order valence-electron chi connectivity index (χ0n) is 20.9. The van der Waals surface area contributed by atoms with Crippen LogP contribution in [0.4, 0.5) is 18.9 Å². The number of alkyl halides is 3. The Bertz CT molecular complexity index is 1150. The van der Waals surface area contributed by atoms with E-state index in [0.29, 0.717) is 5.69 Å². The number of nitrogens with one attached hydrogen (secondary N) is 2. The molecule has 3 aliphatic rings. The summed E-state index contributed by atoms with van der Waals surface area (Å²) in [7, 11) is 2.11. The maximum atomic E-state index is 13.5. The number of nitrogens with zero attached hydrogens (tertiary/aromatic N) is 3. The third-order valence-corrected chi connectivity index (χ3v) is 7.97. The van der Waals surface area contributed by atoms with Gasteiger partial charge in [-0.1, -0.05) is 18.2 Å². The topological polar surface area (TPSA) is 77.6 Å². The minimum absolute atomic E-state index is 0.0504. The predicted molar refractivity (Wildman–Crippen MR) is 133 cm³/mol. The summed E-state index contributed by atoms with van der Waals surface area (Å²) in [6, 6.07) is 10.9. The van der Waals surface area contributed by atoms with Crippen molar-refractivity contribution in [3.63, 3.8) is 0 Å². The lowest BCUT2D eigenvalue weighted by atomic mass is 9.71. The molecule has 7 nitrogen and oxygen atoms in total. The molecule has 10 heteroatoms. The minimum atomic E-state index is -4.56. The Morgan fingerprint density at radius 1 is 0.973 bits per heavy atom. The van der Waals surface area contributed by atoms with Gasteiger partial charge in [0.25, 0.3) is 0 Å². The Morgan fingerprint density at radius 3 is 2.22 bits per heavy atom. The molecule has 2 amide bonds. The number of benzene rings is 1. The van der Waals surface area contributed by atoms with Crippen LogP contribution in [0.3, 0.4) is 0 Å². The second-order valence-electron chi connectivity index (χ2n) is 10.5. The van der Waals surface area contributed by atoms with Crippen LogP contribution in [0.5, 0.6) is 0 Å². The number of halogens is 3. The van der Waals surface area contributed by atoms with Gasteiger partial charge < -0.3 is 15.5 Å². The predicted octanol–water partition coefficient (Wildman–Crippen LogP) is 3.56. The molecule has 1 saturated heterocycles. The fourth-order valence-corrected chi connectivity index (χ4v) is 5.37. The van der Waals surface area contributed by atoms with Gasteiger partial charge in [0.05, 0.1) is 17.7 Å². The molecule has 1 aliphatic heterocycles. The number of hydrogen-bond donors (Lipinski definition) is 2. The van der Waals surface area contributed by atoms with E-state index in [1.165, 1.54) is 12.1 Å². The van der Waals surface area contributed by atoms with Crippen molar-refractivity contribution >= 4 is 17.5 Å². The number of piperazine rings is 1. The summed E-state index contributed by atoms with van der Waals surface area (Å²) in [4.78, 5) is 34.1. The standard InChI is InChI=1S/C27H32F3N5O2/c1-34-14-16-35(17-15-34)26(12-13-26)24(37)33-25(10-3-11-25)19-6-8-20(9-7-19)32-23(36)18-21-4-2-5-22(31-21)27(28,29)30/h2,4-9H,3,10-18H2,1H3,(H,32,36)(H,33,37). The van der Waals surface area contributed by atoms with Gasteiger partial charge in [-0.15, -0.1) is 0 Å². The van der Waals surface area contributed by atoms with Crippen LogP contribution in [0.15, 0.2) is 42.5 Å². The largest absolute Gasteiger partial charge is 0.433 e. The SMILES string of the molecule is CN1CCN(C2(C(=O)NC3(c4ccc(NC(=O)Cc5cccc(C(F)(F)F)n5)cc4)CCC3)CC2)CC1. The molecule has 1 aromatic heterocycles. The van der Waals surface area contributed by atoms with Crippen molar-refractivity contribution in [1.82, 2.24) is 20.1 Å². The molecule has 0 unspecified atom stereocenters. The first-order valence-electron chi connectivity index (χ1n) is 12.8. The van der Waals surface area contributed by atoms with Gasteiger partial charge in [0.2, 0.25) is 11.8 Å². The van der Waals surface area contributed by atoms with Crippen LogP contribution in [0.2, 0.25) is 0 Å². The lowest BCUT2D eigenvalue weighted by Gasteiger charge is -2.45. The molecule has 3 fully saturated rings. The van der Waals surface area contributed by atoms with E-state index in [2.05, 4.69) is 32.5 Å². The number of rotatable bonds is 7. The summed E-state index contributed by atoms with van der Waals surface area (Å²) in [6.45, 7) is 3.75. The highest BCUT2D eigenvalue weighted by atomic mass is 19.4. The number of likely N-dealkylation sites (N-methyl/N-ethyl adjacent to an activating group) is 1. The molecule has 0 spiro atoms. The lowest BCUT2D eigenvalue weighted by molar-refractivity contribution is -0.141. The monoisotopic (exact) mass is 515 g/mol. The van der Waals surface area contributed by atoms with Gasteiger partial charge in [0.1, 0.15) is 11.2 Å². The first kappa shape index (κ1) is 25.7. The van der Waals surface area contributed by atoms with Crippen molar-refractivity contribution in [3.05, 3.63) is 59.4 Å². The molecule has 37 heavy (non-hydrogen) atoms. The number of amides is 2. The van der Waals surface area contributed by atoms with Crippen LogP contribution in [-0.4, -0.2) is 65.4 Å². The molecule has 2 aromatic rings. The quantitative estimate of drug-likeness (QED) is 0.590. The smallest absolute Gasteiger partial charge is 0.345 e. The molecular formula is C27H32F3N5O2. The maximum Gasteiger partial charge on any atom is 0.433 e. The Kier molecular flexibility index (Phi) is 6.74. The van der Waals surface area contributed by atoms with E-state index in [9.17, 15) is 22.8 Å². The van der Waals surface area contributed by atoms with Crippen LogP contribution in [0.25, 0.3) is 0 Å². The van der Waals surface area contributed by atoms with Crippen LogP contribution < -0.4 is 10.6 Å². The number of pyridine rings is 1. The van der Waals surface area contributed by atoms with Crippen molar-refractivity contribution in [1.29, 1.82) is 0 Å². The molecule has 0 atom stereocenters. The zero-order valence-corrected chi connectivity index (χ0v) is 20.9. The summed E-state index contributed by atoms with van der Waals surface area (Å²) in [5.41, 5.74) is -0.208. The Morgan fingerprint density at radius 2 is 1.65 bits per heavy atom. The van der Waals surface area contributed by atoms with Crippen molar-refractivity contribution in [2.24, 2.45) is 0 Å². The van der Waals surface area contributed by atoms with E-state index in [1.54, 1.807) is 12.1 Å². The average Bonchev–Trinajstić information content (AvgIpc) is 3.64. The lowest BCUT2D eigenvalue weighted by Crippen LogP contribution is -2.60. The first-order valence-corrected chi connectivity index (χ1v) is 12.8. The van der Waals surface area contributed by atoms with Crippen molar-refractivity contribution < 1.29 is 22.8 Å². The molecular weight excluding hydrogens is 483 g/mol. The Hall–Kier alpha value is -2.98. The molecule has 2 heterocycles. The normalized spacial score (nSPS) is 21.1. The minimum Gasteiger partial charge on any atom is -0.345 e. The Balaban J connectivity index is 1.21. The summed E-state index contributed by atoms with van der Waals surface area (Å²) in [5.74, 6) is -0.336. The second-order valence-corrected chi connectivity index (χ2v) is 10.5. The number of carbonyl (C=O) groups is 2. The van der Waals surface area contributed by atoms with Gasteiger partial charge >= 0.3 is 6.18 Å². The third kappa shape index (κ3) is 5.36. The van der Waals surface area contributed by atoms with Crippen LogP contribution in [0.1, 0.15) is 49.1 Å². The molecule has 5 rings (SSSR count). The van der Waals surface area contributed by atoms with E-state index >= 15 is 0 Å². The first-order chi connectivity index (χ1) is 17.6. The Labute approximate surface area is 214 Å². The van der Waals surface area contributed by atoms with Crippen molar-refractivity contribution in [2.75, 3.05) is 38.5 Å². The molecule has 2 N–H and O–H groups in total. The third-order valence-electron chi connectivity index (χ3n) is 7.97. The van der Waals surface area contributed by atoms with Gasteiger partial charge in [0.15, 0.2) is 0 Å². The number of aromatic nitrogens is 1. The summed E-state index contributed by atoms with van der Waals surface area (Å²) in [6.07, 6.45) is -0.271.